The lowest BCUT2D eigenvalue weighted by Gasteiger charge is -2.16. The summed E-state index contributed by atoms with van der Waals surface area (Å²) in [6, 6.07) is 10.4. The van der Waals surface area contributed by atoms with Gasteiger partial charge in [0, 0.05) is 0 Å². The number of hydrogen-bond acceptors (Lipinski definition) is 9. The Morgan fingerprint density at radius 3 is 1.75 bits per heavy atom. The summed E-state index contributed by atoms with van der Waals surface area (Å²) >= 11 is 0. The molecule has 0 amide bonds. The van der Waals surface area contributed by atoms with E-state index < -0.39 is 32.4 Å². The van der Waals surface area contributed by atoms with Crippen molar-refractivity contribution in [2.45, 2.75) is 59.0 Å². The van der Waals surface area contributed by atoms with Crippen LogP contribution in [0.5, 0.6) is 11.5 Å². The summed E-state index contributed by atoms with van der Waals surface area (Å²) in [4.78, 5) is 22.5. The SMILES string of the molecule is CCC(Oc1ccc2c(c1)B(O)OC2)C(=O)O.CCOC(=O)C(CC)Oc1ccc2c(c1)B(O)OC2. The average molecular weight is 500 g/mol. The smallest absolute Gasteiger partial charge is 0.479 e. The lowest BCUT2D eigenvalue weighted by molar-refractivity contribution is -0.151. The molecule has 36 heavy (non-hydrogen) atoms. The number of carbonyl (C=O) groups is 2. The third kappa shape index (κ3) is 6.79. The van der Waals surface area contributed by atoms with Crippen LogP contribution in [0.4, 0.5) is 0 Å². The van der Waals surface area contributed by atoms with E-state index in [1.807, 2.05) is 13.0 Å². The standard InChI is InChI=1S/C13H17BO5.C11H13BO5/c1-3-12(13(15)17-4-2)19-10-6-5-9-8-18-14(16)11(9)7-10;1-2-10(11(13)14)17-8-4-3-7-6-16-12(15)9(7)5-8/h5-7,12,16H,3-4,8H2,1-2H3;3-5,10,15H,2,6H2,1H3,(H,13,14). The summed E-state index contributed by atoms with van der Waals surface area (Å²) in [5, 5.41) is 28.0. The molecule has 2 aliphatic heterocycles. The monoisotopic (exact) mass is 500 g/mol. The molecule has 2 aromatic rings. The molecule has 0 aliphatic carbocycles. The Balaban J connectivity index is 0.000000202. The summed E-state index contributed by atoms with van der Waals surface area (Å²) in [6.07, 6.45) is -0.592. The van der Waals surface area contributed by atoms with Crippen LogP contribution in [0, 0.1) is 0 Å². The minimum Gasteiger partial charge on any atom is -0.479 e. The molecule has 0 radical (unpaired) electrons. The van der Waals surface area contributed by atoms with Crippen molar-refractivity contribution in [2.75, 3.05) is 6.61 Å². The highest BCUT2D eigenvalue weighted by atomic mass is 16.6. The van der Waals surface area contributed by atoms with Crippen LogP contribution in [0.25, 0.3) is 0 Å². The molecular weight excluding hydrogens is 470 g/mol. The second-order valence-corrected chi connectivity index (χ2v) is 8.17. The van der Waals surface area contributed by atoms with Gasteiger partial charge in [0.2, 0.25) is 0 Å². The van der Waals surface area contributed by atoms with Gasteiger partial charge in [0.25, 0.3) is 0 Å². The molecule has 10 nitrogen and oxygen atoms in total. The van der Waals surface area contributed by atoms with E-state index in [1.54, 1.807) is 44.2 Å². The Kier molecular flexibility index (Phi) is 9.77. The molecule has 0 saturated carbocycles. The maximum absolute atomic E-state index is 11.7. The largest absolute Gasteiger partial charge is 0.491 e. The van der Waals surface area contributed by atoms with Crippen LogP contribution >= 0.6 is 0 Å². The molecule has 2 atom stereocenters. The first-order valence-corrected chi connectivity index (χ1v) is 11.8. The van der Waals surface area contributed by atoms with E-state index in [0.717, 1.165) is 11.1 Å². The zero-order valence-electron chi connectivity index (χ0n) is 20.5. The summed E-state index contributed by atoms with van der Waals surface area (Å²) < 4.78 is 26.0. The summed E-state index contributed by atoms with van der Waals surface area (Å²) in [6.45, 7) is 6.44. The van der Waals surface area contributed by atoms with Crippen LogP contribution in [0.2, 0.25) is 0 Å². The number of rotatable bonds is 9. The number of benzene rings is 2. The minimum absolute atomic E-state index is 0.329. The first-order valence-electron chi connectivity index (χ1n) is 11.8. The molecule has 2 unspecified atom stereocenters. The zero-order valence-corrected chi connectivity index (χ0v) is 20.5. The van der Waals surface area contributed by atoms with Crippen molar-refractivity contribution in [3.63, 3.8) is 0 Å². The maximum atomic E-state index is 11.7. The normalized spacial score (nSPS) is 15.2. The molecule has 2 aromatic carbocycles. The maximum Gasteiger partial charge on any atom is 0.491 e. The molecule has 4 rings (SSSR count). The van der Waals surface area contributed by atoms with Gasteiger partial charge in [-0.2, -0.15) is 0 Å². The van der Waals surface area contributed by atoms with Gasteiger partial charge < -0.3 is 38.7 Å². The van der Waals surface area contributed by atoms with E-state index in [4.69, 9.17) is 28.6 Å². The molecule has 12 heteroatoms. The summed E-state index contributed by atoms with van der Waals surface area (Å²) in [7, 11) is -1.86. The highest BCUT2D eigenvalue weighted by Gasteiger charge is 2.29. The molecule has 0 aromatic heterocycles. The number of ether oxygens (including phenoxy) is 3. The molecule has 3 N–H and O–H groups in total. The topological polar surface area (TPSA) is 141 Å². The highest BCUT2D eigenvalue weighted by Crippen LogP contribution is 2.19. The molecule has 2 heterocycles. The van der Waals surface area contributed by atoms with Crippen molar-refractivity contribution in [3.8, 4) is 11.5 Å². The first-order chi connectivity index (χ1) is 17.3. The van der Waals surface area contributed by atoms with Gasteiger partial charge in [0.1, 0.15) is 11.5 Å². The zero-order chi connectivity index (χ0) is 26.2. The van der Waals surface area contributed by atoms with Gasteiger partial charge in [0.05, 0.1) is 19.8 Å². The van der Waals surface area contributed by atoms with Gasteiger partial charge in [-0.3, -0.25) is 0 Å². The summed E-state index contributed by atoms with van der Waals surface area (Å²) in [5.41, 5.74) is 3.16. The Morgan fingerprint density at radius 1 is 0.861 bits per heavy atom. The number of hydrogen-bond donors (Lipinski definition) is 3. The quantitative estimate of drug-likeness (QED) is 0.334. The third-order valence-electron chi connectivity index (χ3n) is 5.68. The van der Waals surface area contributed by atoms with Crippen molar-refractivity contribution in [2.24, 2.45) is 0 Å². The van der Waals surface area contributed by atoms with E-state index in [0.29, 0.717) is 55.1 Å². The van der Waals surface area contributed by atoms with E-state index in [-0.39, 0.29) is 5.97 Å². The minimum atomic E-state index is -0.996. The van der Waals surface area contributed by atoms with Gasteiger partial charge in [-0.25, -0.2) is 9.59 Å². The number of esters is 1. The molecule has 0 spiro atoms. The van der Waals surface area contributed by atoms with Crippen LogP contribution in [0.15, 0.2) is 36.4 Å². The number of carbonyl (C=O) groups excluding carboxylic acids is 1. The molecular formula is C24H30B2O10. The molecule has 2 aliphatic rings. The average Bonchev–Trinajstić information content (AvgIpc) is 3.43. The van der Waals surface area contributed by atoms with Crippen molar-refractivity contribution in [1.29, 1.82) is 0 Å². The first kappa shape index (κ1) is 27.5. The molecule has 0 saturated heterocycles. The van der Waals surface area contributed by atoms with E-state index >= 15 is 0 Å². The van der Waals surface area contributed by atoms with Crippen LogP contribution < -0.4 is 20.4 Å². The van der Waals surface area contributed by atoms with Crippen LogP contribution in [-0.4, -0.2) is 60.1 Å². The van der Waals surface area contributed by atoms with E-state index in [2.05, 4.69) is 0 Å². The lowest BCUT2D eigenvalue weighted by Crippen LogP contribution is -2.31. The van der Waals surface area contributed by atoms with E-state index in [1.165, 1.54) is 0 Å². The predicted molar refractivity (Wildman–Crippen MR) is 131 cm³/mol. The fourth-order valence-electron chi connectivity index (χ4n) is 3.70. The van der Waals surface area contributed by atoms with Gasteiger partial charge >= 0.3 is 26.2 Å². The molecule has 192 valence electrons. The van der Waals surface area contributed by atoms with Crippen molar-refractivity contribution >= 4 is 37.1 Å². The van der Waals surface area contributed by atoms with Crippen molar-refractivity contribution < 1.29 is 48.3 Å². The Labute approximate surface area is 210 Å². The fourth-order valence-corrected chi connectivity index (χ4v) is 3.70. The molecule has 0 bridgehead atoms. The van der Waals surface area contributed by atoms with Gasteiger partial charge in [0.15, 0.2) is 12.2 Å². The van der Waals surface area contributed by atoms with Crippen LogP contribution in [-0.2, 0) is 36.8 Å². The third-order valence-corrected chi connectivity index (χ3v) is 5.68. The predicted octanol–water partition coefficient (Wildman–Crippen LogP) is 0.771. The number of carboxylic acids is 1. The second kappa shape index (κ2) is 12.8. The molecule has 0 fully saturated rings. The fraction of sp³-hybridized carbons (Fsp3) is 0.417. The number of fused-ring (bicyclic) bond motifs is 2. The van der Waals surface area contributed by atoms with Crippen LogP contribution in [0.3, 0.4) is 0 Å². The van der Waals surface area contributed by atoms with E-state index in [9.17, 15) is 19.6 Å². The van der Waals surface area contributed by atoms with Crippen LogP contribution in [0.1, 0.15) is 44.7 Å². The van der Waals surface area contributed by atoms with Gasteiger partial charge in [-0.1, -0.05) is 26.0 Å². The lowest BCUT2D eigenvalue weighted by atomic mass is 9.79. The highest BCUT2D eigenvalue weighted by molar-refractivity contribution is 6.62. The summed E-state index contributed by atoms with van der Waals surface area (Å²) in [5.74, 6) is -0.405. The van der Waals surface area contributed by atoms with Gasteiger partial charge in [-0.15, -0.1) is 0 Å². The van der Waals surface area contributed by atoms with Gasteiger partial charge in [-0.05, 0) is 66.1 Å². The Bertz CT molecular complexity index is 1060. The number of carboxylic acid groups (broad SMARTS) is 1. The number of aliphatic carboxylic acids is 1. The van der Waals surface area contributed by atoms with Crippen molar-refractivity contribution in [3.05, 3.63) is 47.5 Å². The van der Waals surface area contributed by atoms with Crippen molar-refractivity contribution in [1.82, 2.24) is 0 Å². The Hall–Kier alpha value is -3.05. The second-order valence-electron chi connectivity index (χ2n) is 8.17. The Morgan fingerprint density at radius 2 is 1.33 bits per heavy atom.